The molecule has 0 aliphatic heterocycles. The highest BCUT2D eigenvalue weighted by molar-refractivity contribution is 9.10. The first-order valence-corrected chi connectivity index (χ1v) is 9.39. The smallest absolute Gasteiger partial charge is 0.412 e. The summed E-state index contributed by atoms with van der Waals surface area (Å²) in [5, 5.41) is 4.82. The van der Waals surface area contributed by atoms with Gasteiger partial charge in [-0.15, -0.1) is 11.3 Å². The van der Waals surface area contributed by atoms with Crippen molar-refractivity contribution >= 4 is 44.0 Å². The number of rotatable bonds is 3. The lowest BCUT2D eigenvalue weighted by Crippen LogP contribution is -2.27. The summed E-state index contributed by atoms with van der Waals surface area (Å²) in [4.78, 5) is 17.3. The monoisotopic (exact) mass is 422 g/mol. The average molecular weight is 423 g/mol. The minimum atomic E-state index is -0.555. The molecule has 6 nitrogen and oxygen atoms in total. The van der Waals surface area contributed by atoms with Crippen LogP contribution in [-0.4, -0.2) is 21.1 Å². The Hall–Kier alpha value is -1.90. The van der Waals surface area contributed by atoms with Crippen LogP contribution in [0.25, 0.3) is 16.2 Å². The van der Waals surface area contributed by atoms with E-state index in [-0.39, 0.29) is 0 Å². The zero-order valence-corrected chi connectivity index (χ0v) is 16.6. The highest BCUT2D eigenvalue weighted by Crippen LogP contribution is 2.32. The average Bonchev–Trinajstić information content (AvgIpc) is 3.09. The molecule has 25 heavy (non-hydrogen) atoms. The minimum Gasteiger partial charge on any atom is -0.444 e. The van der Waals surface area contributed by atoms with E-state index in [9.17, 15) is 4.79 Å². The SMILES string of the molecule is CC(C)(C)OC(=O)Nc1cc(-c2csc3ncc(CN)n23)ccc1Br. The molecule has 3 rings (SSSR count). The second-order valence-corrected chi connectivity index (χ2v) is 8.20. The molecule has 0 aliphatic rings. The fraction of sp³-hybridized carbons (Fsp3) is 0.294. The predicted octanol–water partition coefficient (Wildman–Crippen LogP) is 4.63. The number of benzene rings is 1. The lowest BCUT2D eigenvalue weighted by atomic mass is 10.1. The molecule has 1 aromatic carbocycles. The number of nitrogens with one attached hydrogen (secondary N) is 1. The highest BCUT2D eigenvalue weighted by Gasteiger charge is 2.18. The number of hydrogen-bond acceptors (Lipinski definition) is 5. The van der Waals surface area contributed by atoms with Crippen LogP contribution in [0.3, 0.4) is 0 Å². The van der Waals surface area contributed by atoms with Gasteiger partial charge in [-0.25, -0.2) is 9.78 Å². The molecule has 0 unspecified atom stereocenters. The van der Waals surface area contributed by atoms with Gasteiger partial charge >= 0.3 is 6.09 Å². The first-order valence-electron chi connectivity index (χ1n) is 7.72. The number of hydrogen-bond donors (Lipinski definition) is 2. The Morgan fingerprint density at radius 1 is 1.44 bits per heavy atom. The maximum atomic E-state index is 12.1. The molecule has 2 aromatic heterocycles. The van der Waals surface area contributed by atoms with Gasteiger partial charge in [-0.1, -0.05) is 6.07 Å². The van der Waals surface area contributed by atoms with Crippen molar-refractivity contribution in [3.63, 3.8) is 0 Å². The number of carbonyl (C=O) groups excluding carboxylic acids is 1. The van der Waals surface area contributed by atoms with E-state index >= 15 is 0 Å². The molecule has 0 radical (unpaired) electrons. The maximum Gasteiger partial charge on any atom is 0.412 e. The van der Waals surface area contributed by atoms with Gasteiger partial charge in [0.05, 0.1) is 23.3 Å². The molecule has 0 bridgehead atoms. The van der Waals surface area contributed by atoms with Crippen molar-refractivity contribution in [2.45, 2.75) is 32.9 Å². The summed E-state index contributed by atoms with van der Waals surface area (Å²) in [6.07, 6.45) is 1.29. The third kappa shape index (κ3) is 3.86. The molecule has 3 N–H and O–H groups in total. The number of halogens is 1. The fourth-order valence-corrected chi connectivity index (χ4v) is 3.64. The molecule has 1 amide bonds. The maximum absolute atomic E-state index is 12.1. The number of amides is 1. The Morgan fingerprint density at radius 3 is 2.88 bits per heavy atom. The third-order valence-corrected chi connectivity index (χ3v) is 4.96. The first-order chi connectivity index (χ1) is 11.8. The lowest BCUT2D eigenvalue weighted by molar-refractivity contribution is 0.0636. The van der Waals surface area contributed by atoms with Crippen LogP contribution < -0.4 is 11.1 Å². The van der Waals surface area contributed by atoms with Gasteiger partial charge in [0.1, 0.15) is 5.60 Å². The van der Waals surface area contributed by atoms with Gasteiger partial charge in [-0.05, 0) is 48.8 Å². The molecule has 0 saturated heterocycles. The summed E-state index contributed by atoms with van der Waals surface area (Å²) < 4.78 is 8.13. The molecule has 0 saturated carbocycles. The summed E-state index contributed by atoms with van der Waals surface area (Å²) in [5.41, 5.74) is 8.77. The molecule has 2 heterocycles. The highest BCUT2D eigenvalue weighted by atomic mass is 79.9. The van der Waals surface area contributed by atoms with E-state index in [2.05, 4.69) is 26.2 Å². The van der Waals surface area contributed by atoms with E-state index in [4.69, 9.17) is 10.5 Å². The van der Waals surface area contributed by atoms with Crippen LogP contribution in [0.4, 0.5) is 10.5 Å². The molecule has 0 aliphatic carbocycles. The molecular formula is C17H19BrN4O2S. The number of nitrogens with zero attached hydrogens (tertiary/aromatic N) is 2. The topological polar surface area (TPSA) is 81.6 Å². The summed E-state index contributed by atoms with van der Waals surface area (Å²) in [6.45, 7) is 5.89. The normalized spacial score (nSPS) is 11.7. The Morgan fingerprint density at radius 2 is 2.20 bits per heavy atom. The zero-order chi connectivity index (χ0) is 18.2. The number of imidazole rings is 1. The van der Waals surface area contributed by atoms with E-state index < -0.39 is 11.7 Å². The van der Waals surface area contributed by atoms with Crippen LogP contribution in [0.2, 0.25) is 0 Å². The van der Waals surface area contributed by atoms with Crippen LogP contribution in [0.1, 0.15) is 26.5 Å². The van der Waals surface area contributed by atoms with Gasteiger partial charge in [0.2, 0.25) is 0 Å². The Labute approximate surface area is 158 Å². The number of fused-ring (bicyclic) bond motifs is 1. The molecule has 3 aromatic rings. The third-order valence-electron chi connectivity index (χ3n) is 3.43. The first kappa shape index (κ1) is 17.9. The summed E-state index contributed by atoms with van der Waals surface area (Å²) >= 11 is 5.01. The largest absolute Gasteiger partial charge is 0.444 e. The molecule has 8 heteroatoms. The second kappa shape index (κ2) is 6.78. The number of nitrogens with two attached hydrogens (primary N) is 1. The van der Waals surface area contributed by atoms with E-state index in [0.29, 0.717) is 12.2 Å². The van der Waals surface area contributed by atoms with Crippen molar-refractivity contribution in [3.8, 4) is 11.3 Å². The van der Waals surface area contributed by atoms with Gasteiger partial charge in [0.25, 0.3) is 0 Å². The van der Waals surface area contributed by atoms with Gasteiger partial charge in [0, 0.05) is 22.0 Å². The number of aromatic nitrogens is 2. The predicted molar refractivity (Wildman–Crippen MR) is 104 cm³/mol. The number of anilines is 1. The Balaban J connectivity index is 1.96. The van der Waals surface area contributed by atoms with Crippen LogP contribution in [0.5, 0.6) is 0 Å². The molecule has 132 valence electrons. The van der Waals surface area contributed by atoms with E-state index in [1.54, 1.807) is 17.5 Å². The number of thiazole rings is 1. The molecular weight excluding hydrogens is 404 g/mol. The minimum absolute atomic E-state index is 0.407. The second-order valence-electron chi connectivity index (χ2n) is 6.51. The molecule has 0 fully saturated rings. The van der Waals surface area contributed by atoms with Crippen molar-refractivity contribution in [2.75, 3.05) is 5.32 Å². The van der Waals surface area contributed by atoms with Crippen molar-refractivity contribution in [3.05, 3.63) is 39.9 Å². The lowest BCUT2D eigenvalue weighted by Gasteiger charge is -2.20. The van der Waals surface area contributed by atoms with Crippen molar-refractivity contribution in [1.29, 1.82) is 0 Å². The van der Waals surface area contributed by atoms with E-state index in [1.165, 1.54) is 0 Å². The Bertz CT molecular complexity index is 927. The number of ether oxygens (including phenoxy) is 1. The zero-order valence-electron chi connectivity index (χ0n) is 14.2. The van der Waals surface area contributed by atoms with Crippen LogP contribution in [0.15, 0.2) is 34.2 Å². The summed E-state index contributed by atoms with van der Waals surface area (Å²) in [5.74, 6) is 0. The van der Waals surface area contributed by atoms with Gasteiger partial charge in [-0.2, -0.15) is 0 Å². The summed E-state index contributed by atoms with van der Waals surface area (Å²) in [6, 6.07) is 5.77. The molecule has 0 atom stereocenters. The molecule has 0 spiro atoms. The van der Waals surface area contributed by atoms with E-state index in [1.807, 2.05) is 48.8 Å². The van der Waals surface area contributed by atoms with Crippen molar-refractivity contribution in [2.24, 2.45) is 5.73 Å². The number of carbonyl (C=O) groups is 1. The fourth-order valence-electron chi connectivity index (χ4n) is 2.41. The van der Waals surface area contributed by atoms with Crippen LogP contribution in [0, 0.1) is 0 Å². The standard InChI is InChI=1S/C17H19BrN4O2S/c1-17(2,3)24-16(23)21-13-6-10(4-5-12(13)18)14-9-25-15-20-8-11(7-19)22(14)15/h4-6,8-9H,7,19H2,1-3H3,(H,21,23). The van der Waals surface area contributed by atoms with Crippen LogP contribution >= 0.6 is 27.3 Å². The van der Waals surface area contributed by atoms with Crippen molar-refractivity contribution < 1.29 is 9.53 Å². The summed E-state index contributed by atoms with van der Waals surface area (Å²) in [7, 11) is 0. The van der Waals surface area contributed by atoms with Gasteiger partial charge in [-0.3, -0.25) is 9.72 Å². The quantitative estimate of drug-likeness (QED) is 0.644. The van der Waals surface area contributed by atoms with Crippen molar-refractivity contribution in [1.82, 2.24) is 9.38 Å². The van der Waals surface area contributed by atoms with Gasteiger partial charge < -0.3 is 10.5 Å². The van der Waals surface area contributed by atoms with Crippen LogP contribution in [-0.2, 0) is 11.3 Å². The Kier molecular flexibility index (Phi) is 4.86. The van der Waals surface area contributed by atoms with Gasteiger partial charge in [0.15, 0.2) is 4.96 Å². The van der Waals surface area contributed by atoms with E-state index in [0.717, 1.165) is 26.4 Å².